The van der Waals surface area contributed by atoms with Gasteiger partial charge in [0.15, 0.2) is 0 Å². The van der Waals surface area contributed by atoms with Gasteiger partial charge in [-0.05, 0) is 25.2 Å². The molecule has 0 saturated heterocycles. The van der Waals surface area contributed by atoms with Crippen molar-refractivity contribution in [2.24, 2.45) is 5.41 Å². The van der Waals surface area contributed by atoms with Gasteiger partial charge in [-0.3, -0.25) is 0 Å². The van der Waals surface area contributed by atoms with E-state index >= 15 is 0 Å². The molecule has 18 heavy (non-hydrogen) atoms. The molecule has 0 saturated carbocycles. The maximum absolute atomic E-state index is 11.3. The van der Waals surface area contributed by atoms with Crippen LogP contribution in [0.25, 0.3) is 0 Å². The molecule has 0 aromatic rings. The molecule has 0 atom stereocenters. The second-order valence-electron chi connectivity index (χ2n) is 5.33. The van der Waals surface area contributed by atoms with Crippen molar-refractivity contribution in [1.29, 1.82) is 0 Å². The number of unbranched alkanes of at least 4 members (excludes halogenated alkanes) is 2. The first-order valence-electron chi connectivity index (χ1n) is 7.34. The van der Waals surface area contributed by atoms with E-state index < -0.39 is 0 Å². The van der Waals surface area contributed by atoms with Crippen LogP contribution in [0.1, 0.15) is 72.6 Å². The lowest BCUT2D eigenvalue weighted by Crippen LogP contribution is -2.22. The lowest BCUT2D eigenvalue weighted by molar-refractivity contribution is -0.139. The molecule has 0 aliphatic heterocycles. The molecule has 2 heteroatoms. The smallest absolute Gasteiger partial charge is 0.333 e. The van der Waals surface area contributed by atoms with Gasteiger partial charge in [-0.2, -0.15) is 0 Å². The predicted octanol–water partition coefficient (Wildman–Crippen LogP) is 4.88. The van der Waals surface area contributed by atoms with Crippen molar-refractivity contribution in [2.45, 2.75) is 72.6 Å². The fourth-order valence-electron chi connectivity index (χ4n) is 2.32. The Labute approximate surface area is 113 Å². The summed E-state index contributed by atoms with van der Waals surface area (Å²) in [4.78, 5) is 11.3. The SMILES string of the molecule is C=C(C)C(=O)OCCC(CC)(CC)CCCCC. The Morgan fingerprint density at radius 3 is 2.17 bits per heavy atom. The Morgan fingerprint density at radius 1 is 1.11 bits per heavy atom. The van der Waals surface area contributed by atoms with Crippen molar-refractivity contribution in [3.8, 4) is 0 Å². The van der Waals surface area contributed by atoms with Crippen molar-refractivity contribution in [3.63, 3.8) is 0 Å². The average Bonchev–Trinajstić information content (AvgIpc) is 2.37. The van der Waals surface area contributed by atoms with Gasteiger partial charge in [0.05, 0.1) is 6.61 Å². The molecule has 0 aliphatic carbocycles. The van der Waals surface area contributed by atoms with Crippen LogP contribution in [0.2, 0.25) is 0 Å². The van der Waals surface area contributed by atoms with Gasteiger partial charge in [-0.1, -0.05) is 59.5 Å². The van der Waals surface area contributed by atoms with Gasteiger partial charge in [0.2, 0.25) is 0 Å². The Morgan fingerprint density at radius 2 is 1.72 bits per heavy atom. The molecular weight excluding hydrogens is 224 g/mol. The van der Waals surface area contributed by atoms with Gasteiger partial charge < -0.3 is 4.74 Å². The average molecular weight is 254 g/mol. The zero-order valence-corrected chi connectivity index (χ0v) is 12.7. The first kappa shape index (κ1) is 17.2. The lowest BCUT2D eigenvalue weighted by Gasteiger charge is -2.31. The van der Waals surface area contributed by atoms with E-state index in [0.717, 1.165) is 19.3 Å². The van der Waals surface area contributed by atoms with E-state index in [1.807, 2.05) is 0 Å². The monoisotopic (exact) mass is 254 g/mol. The number of rotatable bonds is 10. The summed E-state index contributed by atoms with van der Waals surface area (Å²) in [5.74, 6) is -0.260. The highest BCUT2D eigenvalue weighted by Crippen LogP contribution is 2.36. The molecule has 0 rings (SSSR count). The topological polar surface area (TPSA) is 26.3 Å². The summed E-state index contributed by atoms with van der Waals surface area (Å²) in [6.07, 6.45) is 8.39. The lowest BCUT2D eigenvalue weighted by atomic mass is 9.75. The number of hydrogen-bond donors (Lipinski definition) is 0. The van der Waals surface area contributed by atoms with Crippen LogP contribution in [0.15, 0.2) is 12.2 Å². The maximum Gasteiger partial charge on any atom is 0.333 e. The van der Waals surface area contributed by atoms with Gasteiger partial charge in [-0.15, -0.1) is 0 Å². The molecule has 2 nitrogen and oxygen atoms in total. The Bertz CT molecular complexity index is 252. The highest BCUT2D eigenvalue weighted by Gasteiger charge is 2.25. The second-order valence-corrected chi connectivity index (χ2v) is 5.33. The molecule has 0 spiro atoms. The van der Waals surface area contributed by atoms with E-state index in [9.17, 15) is 4.79 Å². The third kappa shape index (κ3) is 6.23. The summed E-state index contributed by atoms with van der Waals surface area (Å²) < 4.78 is 5.23. The number of carbonyl (C=O) groups excluding carboxylic acids is 1. The zero-order valence-electron chi connectivity index (χ0n) is 12.7. The molecule has 0 aromatic heterocycles. The minimum absolute atomic E-state index is 0.260. The molecule has 0 N–H and O–H groups in total. The summed E-state index contributed by atoms with van der Waals surface area (Å²) in [6.45, 7) is 12.5. The van der Waals surface area contributed by atoms with E-state index in [2.05, 4.69) is 27.4 Å². The van der Waals surface area contributed by atoms with Crippen LogP contribution in [0.4, 0.5) is 0 Å². The molecule has 106 valence electrons. The van der Waals surface area contributed by atoms with Gasteiger partial charge in [0.1, 0.15) is 0 Å². The first-order chi connectivity index (χ1) is 8.51. The number of hydrogen-bond acceptors (Lipinski definition) is 2. The van der Waals surface area contributed by atoms with E-state index in [1.165, 1.54) is 25.7 Å². The summed E-state index contributed by atoms with van der Waals surface area (Å²) in [5, 5.41) is 0. The minimum atomic E-state index is -0.260. The van der Waals surface area contributed by atoms with Crippen molar-refractivity contribution in [3.05, 3.63) is 12.2 Å². The number of ether oxygens (including phenoxy) is 1. The minimum Gasteiger partial charge on any atom is -0.462 e. The number of carbonyl (C=O) groups is 1. The van der Waals surface area contributed by atoms with Gasteiger partial charge in [-0.25, -0.2) is 4.79 Å². The van der Waals surface area contributed by atoms with E-state index in [1.54, 1.807) is 6.92 Å². The molecule has 0 fully saturated rings. The fraction of sp³-hybridized carbons (Fsp3) is 0.812. The highest BCUT2D eigenvalue weighted by atomic mass is 16.5. The highest BCUT2D eigenvalue weighted by molar-refractivity contribution is 5.86. The van der Waals surface area contributed by atoms with Gasteiger partial charge >= 0.3 is 5.97 Å². The first-order valence-corrected chi connectivity index (χ1v) is 7.34. The van der Waals surface area contributed by atoms with Crippen LogP contribution in [-0.4, -0.2) is 12.6 Å². The number of esters is 1. The molecule has 0 heterocycles. The quantitative estimate of drug-likeness (QED) is 0.315. The van der Waals surface area contributed by atoms with Crippen molar-refractivity contribution in [1.82, 2.24) is 0 Å². The zero-order chi connectivity index (χ0) is 14.0. The molecular formula is C16H30O2. The largest absolute Gasteiger partial charge is 0.462 e. The third-order valence-electron chi connectivity index (χ3n) is 4.02. The second kappa shape index (κ2) is 9.18. The predicted molar refractivity (Wildman–Crippen MR) is 77.5 cm³/mol. The molecule has 0 unspecified atom stereocenters. The van der Waals surface area contributed by atoms with Crippen LogP contribution in [-0.2, 0) is 9.53 Å². The Hall–Kier alpha value is -0.790. The maximum atomic E-state index is 11.3. The molecule has 0 radical (unpaired) electrons. The fourth-order valence-corrected chi connectivity index (χ4v) is 2.32. The van der Waals surface area contributed by atoms with Gasteiger partial charge in [0.25, 0.3) is 0 Å². The van der Waals surface area contributed by atoms with Gasteiger partial charge in [0, 0.05) is 5.57 Å². The van der Waals surface area contributed by atoms with Crippen LogP contribution in [0.3, 0.4) is 0 Å². The molecule has 0 amide bonds. The van der Waals surface area contributed by atoms with E-state index in [0.29, 0.717) is 17.6 Å². The van der Waals surface area contributed by atoms with Crippen LogP contribution in [0.5, 0.6) is 0 Å². The van der Waals surface area contributed by atoms with E-state index in [4.69, 9.17) is 4.74 Å². The van der Waals surface area contributed by atoms with Crippen molar-refractivity contribution < 1.29 is 9.53 Å². The normalized spacial score (nSPS) is 11.3. The Balaban J connectivity index is 4.16. The van der Waals surface area contributed by atoms with Crippen LogP contribution < -0.4 is 0 Å². The molecule has 0 aliphatic rings. The molecule has 0 bridgehead atoms. The standard InChI is InChI=1S/C16H30O2/c1-6-9-10-11-16(7-2,8-3)12-13-18-15(17)14(4)5/h4,6-13H2,1-3,5H3. The van der Waals surface area contributed by atoms with Crippen molar-refractivity contribution in [2.75, 3.05) is 6.61 Å². The third-order valence-corrected chi connectivity index (χ3v) is 4.02. The van der Waals surface area contributed by atoms with Crippen LogP contribution in [0, 0.1) is 5.41 Å². The van der Waals surface area contributed by atoms with E-state index in [-0.39, 0.29) is 5.97 Å². The molecule has 0 aromatic carbocycles. The summed E-state index contributed by atoms with van der Waals surface area (Å²) in [7, 11) is 0. The summed E-state index contributed by atoms with van der Waals surface area (Å²) in [5.41, 5.74) is 0.837. The summed E-state index contributed by atoms with van der Waals surface area (Å²) >= 11 is 0. The van der Waals surface area contributed by atoms with Crippen molar-refractivity contribution >= 4 is 5.97 Å². The van der Waals surface area contributed by atoms with Crippen LogP contribution >= 0.6 is 0 Å². The Kier molecular flexibility index (Phi) is 8.78. The summed E-state index contributed by atoms with van der Waals surface area (Å²) in [6, 6.07) is 0.